The Labute approximate surface area is 291 Å². The van der Waals surface area contributed by atoms with E-state index in [1.807, 2.05) is 36.4 Å². The molecule has 0 radical (unpaired) electrons. The third-order valence-corrected chi connectivity index (χ3v) is 9.59. The van der Waals surface area contributed by atoms with Crippen molar-refractivity contribution in [3.05, 3.63) is 151 Å². The van der Waals surface area contributed by atoms with E-state index >= 15 is 0 Å². The van der Waals surface area contributed by atoms with Crippen molar-refractivity contribution >= 4 is 28.9 Å². The van der Waals surface area contributed by atoms with Gasteiger partial charge in [0.05, 0.1) is 28.4 Å². The molecule has 7 nitrogen and oxygen atoms in total. The molecule has 254 valence electrons. The molecule has 0 saturated carbocycles. The Morgan fingerprint density at radius 3 is 2.02 bits per heavy atom. The highest BCUT2D eigenvalue weighted by Gasteiger charge is 2.31. The summed E-state index contributed by atoms with van der Waals surface area (Å²) in [5, 5.41) is 10.5. The predicted molar refractivity (Wildman–Crippen MR) is 187 cm³/mol. The molecule has 11 heteroatoms. The van der Waals surface area contributed by atoms with Crippen LogP contribution in [0, 0.1) is 11.3 Å². The quantitative estimate of drug-likeness (QED) is 0.207. The molecule has 1 amide bonds. The first-order valence-corrected chi connectivity index (χ1v) is 16.9. The summed E-state index contributed by atoms with van der Waals surface area (Å²) in [5.41, 5.74) is 1.43. The first-order valence-electron chi connectivity index (χ1n) is 16.1. The van der Waals surface area contributed by atoms with Crippen molar-refractivity contribution in [3.8, 4) is 17.5 Å². The summed E-state index contributed by atoms with van der Waals surface area (Å²) in [6.45, 7) is 3.92. The van der Waals surface area contributed by atoms with Crippen molar-refractivity contribution in [3.63, 3.8) is 0 Å². The molecule has 0 bridgehead atoms. The van der Waals surface area contributed by atoms with Gasteiger partial charge in [-0.25, -0.2) is 0 Å². The fourth-order valence-corrected chi connectivity index (χ4v) is 7.21. The molecular weight excluding hydrogens is 662 g/mol. The lowest BCUT2D eigenvalue weighted by Crippen LogP contribution is -2.50. The van der Waals surface area contributed by atoms with E-state index in [0.29, 0.717) is 49.8 Å². The molecule has 0 spiro atoms. The second kappa shape index (κ2) is 15.0. The molecule has 1 aliphatic rings. The van der Waals surface area contributed by atoms with Crippen molar-refractivity contribution in [2.24, 2.45) is 0 Å². The average molecular weight is 695 g/mol. The fraction of sp³-hybridized carbons (Fsp3) is 0.205. The van der Waals surface area contributed by atoms with Gasteiger partial charge in [-0.15, -0.1) is 11.3 Å². The molecule has 0 unspecified atom stereocenters. The number of carbonyl (C=O) groups is 1. The number of piperazine rings is 1. The molecule has 1 fully saturated rings. The normalized spacial score (nSPS) is 14.8. The number of nitrogens with zero attached hydrogens (tertiary/aromatic N) is 4. The van der Waals surface area contributed by atoms with Gasteiger partial charge in [0.2, 0.25) is 0 Å². The monoisotopic (exact) mass is 694 g/mol. The van der Waals surface area contributed by atoms with E-state index in [-0.39, 0.29) is 20.8 Å². The number of para-hydroxylation sites is 2. The second-order valence-electron chi connectivity index (χ2n) is 11.6. The summed E-state index contributed by atoms with van der Waals surface area (Å²) in [6.07, 6.45) is -3.04. The minimum absolute atomic E-state index is 0.0186. The number of ether oxygens (including phenoxy) is 1. The number of alkyl halides is 3. The summed E-state index contributed by atoms with van der Waals surface area (Å²) in [7, 11) is 0. The lowest BCUT2D eigenvalue weighted by Gasteiger charge is -2.39. The van der Waals surface area contributed by atoms with Gasteiger partial charge in [0.1, 0.15) is 16.5 Å². The van der Waals surface area contributed by atoms with Crippen LogP contribution in [0.25, 0.3) is 17.3 Å². The Bertz CT molecular complexity index is 2140. The number of thiazole rings is 1. The van der Waals surface area contributed by atoms with Gasteiger partial charge in [0.25, 0.3) is 11.5 Å². The van der Waals surface area contributed by atoms with Gasteiger partial charge in [-0.2, -0.15) is 18.4 Å². The van der Waals surface area contributed by atoms with Crippen LogP contribution >= 0.6 is 11.3 Å². The lowest BCUT2D eigenvalue weighted by atomic mass is 9.96. The Balaban J connectivity index is 1.39. The van der Waals surface area contributed by atoms with Crippen LogP contribution in [0.2, 0.25) is 0 Å². The minimum Gasteiger partial charge on any atom is -0.492 e. The van der Waals surface area contributed by atoms with Gasteiger partial charge in [0, 0.05) is 26.2 Å². The highest BCUT2D eigenvalue weighted by atomic mass is 32.1. The van der Waals surface area contributed by atoms with Crippen LogP contribution in [-0.4, -0.2) is 53.1 Å². The van der Waals surface area contributed by atoms with Crippen LogP contribution in [0.1, 0.15) is 35.2 Å². The van der Waals surface area contributed by atoms with E-state index in [4.69, 9.17) is 4.74 Å². The molecule has 2 heterocycles. The number of aromatic nitrogens is 1. The standard InChI is InChI=1S/C39H33F3N4O3S/c1-2-49-33-16-10-9-15-32(33)46-37(48)34(25-27-17-19-30(20-18-27)39(40,41)42)50-38(46)31(26-43)36(47)45-23-21-44(22-24-45)35(28-11-5-3-6-12-28)29-13-7-4-8-14-29/h3-20,25,35H,2,21-24H2,1H3/b34-25+,38-31-. The molecule has 1 saturated heterocycles. The van der Waals surface area contributed by atoms with Crippen molar-refractivity contribution in [2.45, 2.75) is 19.1 Å². The van der Waals surface area contributed by atoms with Gasteiger partial charge in [-0.3, -0.25) is 19.1 Å². The van der Waals surface area contributed by atoms with E-state index in [9.17, 15) is 28.0 Å². The number of hydrogen-bond donors (Lipinski definition) is 0. The summed E-state index contributed by atoms with van der Waals surface area (Å²) in [5.74, 6) is -0.128. The Morgan fingerprint density at radius 1 is 0.880 bits per heavy atom. The first-order chi connectivity index (χ1) is 24.2. The van der Waals surface area contributed by atoms with Crippen molar-refractivity contribution in [1.82, 2.24) is 14.4 Å². The zero-order valence-corrected chi connectivity index (χ0v) is 28.0. The van der Waals surface area contributed by atoms with Crippen LogP contribution < -0.4 is 19.5 Å². The smallest absolute Gasteiger partial charge is 0.416 e. The number of amides is 1. The third kappa shape index (κ3) is 7.27. The number of benzene rings is 4. The summed E-state index contributed by atoms with van der Waals surface area (Å²) in [4.78, 5) is 32.1. The number of halogens is 3. The zero-order chi connectivity index (χ0) is 35.3. The lowest BCUT2D eigenvalue weighted by molar-refractivity contribution is -0.137. The molecule has 1 aromatic heterocycles. The molecule has 50 heavy (non-hydrogen) atoms. The molecule has 0 atom stereocenters. The third-order valence-electron chi connectivity index (χ3n) is 8.50. The number of hydrogen-bond acceptors (Lipinski definition) is 6. The van der Waals surface area contributed by atoms with Crippen molar-refractivity contribution in [1.29, 1.82) is 5.26 Å². The maximum absolute atomic E-state index is 14.1. The van der Waals surface area contributed by atoms with Gasteiger partial charge >= 0.3 is 6.18 Å². The van der Waals surface area contributed by atoms with Crippen molar-refractivity contribution < 1.29 is 22.7 Å². The van der Waals surface area contributed by atoms with E-state index in [0.717, 1.165) is 34.6 Å². The van der Waals surface area contributed by atoms with E-state index < -0.39 is 23.2 Å². The highest BCUT2D eigenvalue weighted by Crippen LogP contribution is 2.31. The van der Waals surface area contributed by atoms with Crippen LogP contribution in [0.5, 0.6) is 5.75 Å². The van der Waals surface area contributed by atoms with Crippen LogP contribution in [0.3, 0.4) is 0 Å². The molecule has 0 aliphatic carbocycles. The summed E-state index contributed by atoms with van der Waals surface area (Å²) < 4.78 is 46.9. The van der Waals surface area contributed by atoms with Crippen LogP contribution in [0.4, 0.5) is 13.2 Å². The van der Waals surface area contributed by atoms with Gasteiger partial charge in [0.15, 0.2) is 5.57 Å². The Kier molecular flexibility index (Phi) is 10.3. The summed E-state index contributed by atoms with van der Waals surface area (Å²) in [6, 6.07) is 33.7. The second-order valence-corrected chi connectivity index (χ2v) is 12.6. The molecule has 0 N–H and O–H groups in total. The van der Waals surface area contributed by atoms with E-state index in [2.05, 4.69) is 35.2 Å². The molecular formula is C39H33F3N4O3S. The maximum atomic E-state index is 14.1. The van der Waals surface area contributed by atoms with Crippen LogP contribution in [-0.2, 0) is 11.0 Å². The SMILES string of the molecule is CCOc1ccccc1-n1c(=O)/c(=C\c2ccc(C(F)(F)F)cc2)s/c1=C(/C#N)C(=O)N1CCN(C(c2ccccc2)c2ccccc2)CC1. The minimum atomic E-state index is -4.50. The van der Waals surface area contributed by atoms with Crippen LogP contribution in [0.15, 0.2) is 114 Å². The van der Waals surface area contributed by atoms with E-state index in [1.54, 1.807) is 36.1 Å². The number of carbonyl (C=O) groups excluding carboxylic acids is 1. The fourth-order valence-electron chi connectivity index (χ4n) is 6.12. The highest BCUT2D eigenvalue weighted by molar-refractivity contribution is 7.07. The van der Waals surface area contributed by atoms with Gasteiger partial charge < -0.3 is 9.64 Å². The van der Waals surface area contributed by atoms with Gasteiger partial charge in [-0.05, 0) is 54.0 Å². The molecule has 1 aliphatic heterocycles. The number of nitriles is 1. The Morgan fingerprint density at radius 2 is 1.46 bits per heavy atom. The molecule has 6 rings (SSSR count). The largest absolute Gasteiger partial charge is 0.492 e. The van der Waals surface area contributed by atoms with Gasteiger partial charge in [-0.1, -0.05) is 84.9 Å². The summed E-state index contributed by atoms with van der Waals surface area (Å²) >= 11 is 0.937. The van der Waals surface area contributed by atoms with Crippen molar-refractivity contribution in [2.75, 3.05) is 32.8 Å². The average Bonchev–Trinajstić information content (AvgIpc) is 3.44. The Hall–Kier alpha value is -5.44. The number of rotatable bonds is 8. The topological polar surface area (TPSA) is 78.6 Å². The maximum Gasteiger partial charge on any atom is 0.416 e. The zero-order valence-electron chi connectivity index (χ0n) is 27.1. The first kappa shape index (κ1) is 34.4. The molecule has 4 aromatic carbocycles. The predicted octanol–water partition coefficient (Wildman–Crippen LogP) is 5.75. The molecule has 5 aromatic rings. The van der Waals surface area contributed by atoms with E-state index in [1.165, 1.54) is 22.8 Å².